The largest absolute Gasteiger partial charge is 0.507 e. The highest BCUT2D eigenvalue weighted by atomic mass is 16.5. The summed E-state index contributed by atoms with van der Waals surface area (Å²) in [5.41, 5.74) is 3.08. The molecule has 0 bridgehead atoms. The van der Waals surface area contributed by atoms with Crippen LogP contribution < -0.4 is 9.64 Å². The topological polar surface area (TPSA) is 79.7 Å². The Bertz CT molecular complexity index is 1290. The van der Waals surface area contributed by atoms with E-state index in [0.717, 1.165) is 11.1 Å². The number of ether oxygens (including phenoxy) is 1. The Morgan fingerprint density at radius 2 is 1.79 bits per heavy atom. The summed E-state index contributed by atoms with van der Waals surface area (Å²) in [6.45, 7) is 8.09. The first kappa shape index (κ1) is 23.2. The molecule has 1 aliphatic heterocycles. The first-order valence-electron chi connectivity index (χ1n) is 11.1. The summed E-state index contributed by atoms with van der Waals surface area (Å²) in [7, 11) is 1.50. The number of methoxy groups -OCH3 is 1. The summed E-state index contributed by atoms with van der Waals surface area (Å²) in [6.07, 6.45) is 1.60. The van der Waals surface area contributed by atoms with E-state index in [2.05, 4.69) is 25.8 Å². The van der Waals surface area contributed by atoms with Gasteiger partial charge in [-0.25, -0.2) is 0 Å². The van der Waals surface area contributed by atoms with Gasteiger partial charge in [-0.15, -0.1) is 0 Å². The lowest BCUT2D eigenvalue weighted by atomic mass is 9.85. The predicted octanol–water partition coefficient (Wildman–Crippen LogP) is 5.32. The fourth-order valence-electron chi connectivity index (χ4n) is 4.20. The van der Waals surface area contributed by atoms with Gasteiger partial charge >= 0.3 is 0 Å². The molecule has 1 N–H and O–H groups in total. The highest BCUT2D eigenvalue weighted by Crippen LogP contribution is 2.43. The molecule has 6 heteroatoms. The molecule has 6 nitrogen and oxygen atoms in total. The van der Waals surface area contributed by atoms with Gasteiger partial charge in [0.05, 0.1) is 23.9 Å². The molecule has 4 rings (SSSR count). The average Bonchev–Trinajstić information content (AvgIpc) is 3.08. The number of pyridine rings is 1. The summed E-state index contributed by atoms with van der Waals surface area (Å²) in [5, 5.41) is 11.5. The van der Waals surface area contributed by atoms with Gasteiger partial charge in [-0.1, -0.05) is 45.0 Å². The molecule has 1 aromatic heterocycles. The van der Waals surface area contributed by atoms with Gasteiger partial charge in [0.15, 0.2) is 0 Å². The minimum atomic E-state index is -0.883. The Hall–Kier alpha value is -3.93. The Kier molecular flexibility index (Phi) is 6.00. The van der Waals surface area contributed by atoms with Crippen LogP contribution in [0.2, 0.25) is 0 Å². The summed E-state index contributed by atoms with van der Waals surface area (Å²) >= 11 is 0. The van der Waals surface area contributed by atoms with Crippen LogP contribution in [0.3, 0.4) is 0 Å². The van der Waals surface area contributed by atoms with Crippen LogP contribution in [0.5, 0.6) is 5.75 Å². The van der Waals surface area contributed by atoms with Crippen LogP contribution in [0.15, 0.2) is 72.4 Å². The van der Waals surface area contributed by atoms with Gasteiger partial charge in [-0.05, 0) is 59.9 Å². The third-order valence-electron chi connectivity index (χ3n) is 6.01. The normalized spacial score (nSPS) is 17.8. The van der Waals surface area contributed by atoms with Crippen molar-refractivity contribution in [3.63, 3.8) is 0 Å². The third kappa shape index (κ3) is 4.07. The molecule has 0 aliphatic carbocycles. The van der Waals surface area contributed by atoms with E-state index < -0.39 is 17.7 Å². The molecule has 1 fully saturated rings. The van der Waals surface area contributed by atoms with Crippen LogP contribution in [-0.2, 0) is 15.0 Å². The van der Waals surface area contributed by atoms with Gasteiger partial charge in [0.2, 0.25) is 0 Å². The van der Waals surface area contributed by atoms with E-state index in [9.17, 15) is 14.7 Å². The monoisotopic (exact) mass is 456 g/mol. The van der Waals surface area contributed by atoms with Crippen molar-refractivity contribution < 1.29 is 19.4 Å². The number of ketones is 1. The van der Waals surface area contributed by atoms with Crippen LogP contribution in [0.25, 0.3) is 5.76 Å². The fourth-order valence-corrected chi connectivity index (χ4v) is 4.20. The Labute approximate surface area is 199 Å². The average molecular weight is 457 g/mol. The highest BCUT2D eigenvalue weighted by Gasteiger charge is 2.48. The molecule has 0 saturated carbocycles. The fraction of sp³-hybridized carbons (Fsp3) is 0.250. The van der Waals surface area contributed by atoms with Crippen molar-refractivity contribution >= 4 is 23.1 Å². The third-order valence-corrected chi connectivity index (χ3v) is 6.01. The molecular formula is C28H28N2O4. The Balaban J connectivity index is 1.99. The van der Waals surface area contributed by atoms with Crippen LogP contribution in [-0.4, -0.2) is 28.9 Å². The predicted molar refractivity (Wildman–Crippen MR) is 132 cm³/mol. The van der Waals surface area contributed by atoms with E-state index in [1.807, 2.05) is 37.3 Å². The number of rotatable bonds is 4. The summed E-state index contributed by atoms with van der Waals surface area (Å²) in [5.74, 6) is -1.36. The van der Waals surface area contributed by atoms with Gasteiger partial charge in [0.25, 0.3) is 11.7 Å². The van der Waals surface area contributed by atoms with Crippen molar-refractivity contribution in [2.45, 2.75) is 39.2 Å². The molecular weight excluding hydrogens is 428 g/mol. The maximum atomic E-state index is 13.4. The minimum Gasteiger partial charge on any atom is -0.507 e. The maximum absolute atomic E-state index is 13.4. The number of nitrogens with zero attached hydrogens (tertiary/aromatic N) is 2. The molecule has 1 amide bonds. The van der Waals surface area contributed by atoms with Crippen molar-refractivity contribution in [1.29, 1.82) is 0 Å². The number of benzene rings is 2. The maximum Gasteiger partial charge on any atom is 0.300 e. The van der Waals surface area contributed by atoms with Gasteiger partial charge in [-0.3, -0.25) is 19.5 Å². The number of amides is 1. The molecule has 1 unspecified atom stereocenters. The van der Waals surface area contributed by atoms with Crippen LogP contribution in [0, 0.1) is 6.92 Å². The SMILES string of the molecule is COc1ccc(C(C)(C)C)cc1/C(O)=C1\C(=O)C(=O)N(c2cccc(C)c2)C1c1ccccn1. The van der Waals surface area contributed by atoms with E-state index in [4.69, 9.17) is 4.74 Å². The highest BCUT2D eigenvalue weighted by molar-refractivity contribution is 6.51. The zero-order valence-corrected chi connectivity index (χ0v) is 20.0. The number of hydrogen-bond donors (Lipinski definition) is 1. The van der Waals surface area contributed by atoms with Gasteiger partial charge < -0.3 is 9.84 Å². The molecule has 174 valence electrons. The number of aromatic nitrogens is 1. The number of hydrogen-bond acceptors (Lipinski definition) is 5. The minimum absolute atomic E-state index is 0.0189. The second-order valence-corrected chi connectivity index (χ2v) is 9.43. The molecule has 1 aliphatic rings. The van der Waals surface area contributed by atoms with E-state index in [0.29, 0.717) is 22.7 Å². The van der Waals surface area contributed by atoms with Crippen molar-refractivity contribution in [2.75, 3.05) is 12.0 Å². The van der Waals surface area contributed by atoms with Crippen molar-refractivity contribution in [3.05, 3.63) is 94.8 Å². The van der Waals surface area contributed by atoms with Gasteiger partial charge in [0.1, 0.15) is 17.6 Å². The number of aliphatic hydroxyl groups is 1. The van der Waals surface area contributed by atoms with Crippen LogP contribution in [0.4, 0.5) is 5.69 Å². The zero-order chi connectivity index (χ0) is 24.6. The molecule has 0 spiro atoms. The number of carbonyl (C=O) groups is 2. The summed E-state index contributed by atoms with van der Waals surface area (Å²) in [6, 6.07) is 17.3. The smallest absolute Gasteiger partial charge is 0.300 e. The lowest BCUT2D eigenvalue weighted by Gasteiger charge is -2.25. The van der Waals surface area contributed by atoms with Crippen LogP contribution in [0.1, 0.15) is 49.2 Å². The second-order valence-electron chi connectivity index (χ2n) is 9.43. The van der Waals surface area contributed by atoms with Crippen molar-refractivity contribution in [3.8, 4) is 5.75 Å². The van der Waals surface area contributed by atoms with Gasteiger partial charge in [-0.2, -0.15) is 0 Å². The van der Waals surface area contributed by atoms with Crippen molar-refractivity contribution in [2.24, 2.45) is 0 Å². The van der Waals surface area contributed by atoms with E-state index in [1.165, 1.54) is 12.0 Å². The quantitative estimate of drug-likeness (QED) is 0.326. The standard InChI is InChI=1S/C28H28N2O4/c1-17-9-8-10-19(15-17)30-24(21-11-6-7-14-29-21)23(26(32)27(30)33)25(31)20-16-18(28(2,3)4)12-13-22(20)34-5/h6-16,24,31H,1-5H3/b25-23+. The second kappa shape index (κ2) is 8.78. The number of carbonyl (C=O) groups excluding carboxylic acids is 2. The summed E-state index contributed by atoms with van der Waals surface area (Å²) < 4.78 is 5.50. The van der Waals surface area contributed by atoms with E-state index in [1.54, 1.807) is 36.5 Å². The molecule has 0 radical (unpaired) electrons. The zero-order valence-electron chi connectivity index (χ0n) is 20.0. The first-order valence-corrected chi connectivity index (χ1v) is 11.1. The number of aliphatic hydroxyl groups excluding tert-OH is 1. The molecule has 2 aromatic carbocycles. The summed E-state index contributed by atoms with van der Waals surface area (Å²) in [4.78, 5) is 32.5. The van der Waals surface area contributed by atoms with E-state index in [-0.39, 0.29) is 16.7 Å². The molecule has 34 heavy (non-hydrogen) atoms. The molecule has 1 saturated heterocycles. The molecule has 1 atom stereocenters. The van der Waals surface area contributed by atoms with Crippen LogP contribution >= 0.6 is 0 Å². The molecule has 3 aromatic rings. The number of Topliss-reactive ketones (excluding diaryl/α,β-unsaturated/α-hetero) is 1. The number of anilines is 1. The van der Waals surface area contributed by atoms with Gasteiger partial charge in [0, 0.05) is 11.9 Å². The van der Waals surface area contributed by atoms with Crippen molar-refractivity contribution in [1.82, 2.24) is 4.98 Å². The Morgan fingerprint density at radius 3 is 2.41 bits per heavy atom. The molecule has 2 heterocycles. The Morgan fingerprint density at radius 1 is 1.03 bits per heavy atom. The number of aryl methyl sites for hydroxylation is 1. The van der Waals surface area contributed by atoms with E-state index >= 15 is 0 Å². The first-order chi connectivity index (χ1) is 16.1. The lowest BCUT2D eigenvalue weighted by Crippen LogP contribution is -2.29. The lowest BCUT2D eigenvalue weighted by molar-refractivity contribution is -0.132.